The van der Waals surface area contributed by atoms with E-state index in [1.54, 1.807) is 0 Å². The topological polar surface area (TPSA) is 66.4 Å². The number of hydrogen-bond acceptors (Lipinski definition) is 2. The number of carbonyl (C=O) groups is 2. The zero-order valence-electron chi connectivity index (χ0n) is 9.87. The minimum atomic E-state index is -0.824. The first-order valence-corrected chi connectivity index (χ1v) is 6.17. The van der Waals surface area contributed by atoms with Crippen LogP contribution in [0.25, 0.3) is 0 Å². The van der Waals surface area contributed by atoms with E-state index in [0.717, 1.165) is 32.1 Å². The molecule has 1 rings (SSSR count). The number of hydrogen-bond donors (Lipinski definition) is 2. The van der Waals surface area contributed by atoms with Crippen LogP contribution in [0.2, 0.25) is 0 Å². The van der Waals surface area contributed by atoms with Gasteiger partial charge in [-0.15, -0.1) is 0 Å². The van der Waals surface area contributed by atoms with Gasteiger partial charge in [0.2, 0.25) is 5.91 Å². The summed E-state index contributed by atoms with van der Waals surface area (Å²) in [6.07, 6.45) is 5.24. The molecule has 0 saturated heterocycles. The van der Waals surface area contributed by atoms with E-state index >= 15 is 0 Å². The Kier molecular flexibility index (Phi) is 5.29. The standard InChI is InChI=1S/C12H21NO3/c1-2-3-8-13-11(14)9-6-4-5-7-10(9)12(15)16/h9-10H,2-8H2,1H3,(H,13,14)(H,15,16)/t9-,10-/m0/s1. The van der Waals surface area contributed by atoms with Gasteiger partial charge in [0.15, 0.2) is 0 Å². The lowest BCUT2D eigenvalue weighted by Gasteiger charge is -2.27. The van der Waals surface area contributed by atoms with Gasteiger partial charge in [-0.2, -0.15) is 0 Å². The molecule has 4 heteroatoms. The van der Waals surface area contributed by atoms with Crippen molar-refractivity contribution in [3.8, 4) is 0 Å². The summed E-state index contributed by atoms with van der Waals surface area (Å²) in [5.41, 5.74) is 0. The van der Waals surface area contributed by atoms with E-state index in [0.29, 0.717) is 13.0 Å². The molecule has 0 aromatic carbocycles. The van der Waals surface area contributed by atoms with E-state index in [1.165, 1.54) is 0 Å². The Morgan fingerprint density at radius 1 is 1.25 bits per heavy atom. The van der Waals surface area contributed by atoms with Crippen LogP contribution in [-0.4, -0.2) is 23.5 Å². The number of unbranched alkanes of at least 4 members (excludes halogenated alkanes) is 1. The maximum atomic E-state index is 11.8. The average Bonchev–Trinajstić information content (AvgIpc) is 2.29. The third-order valence-electron chi connectivity index (χ3n) is 3.25. The Bertz CT molecular complexity index is 253. The highest BCUT2D eigenvalue weighted by atomic mass is 16.4. The van der Waals surface area contributed by atoms with Crippen LogP contribution in [0, 0.1) is 11.8 Å². The van der Waals surface area contributed by atoms with Crippen molar-refractivity contribution in [3.05, 3.63) is 0 Å². The summed E-state index contributed by atoms with van der Waals surface area (Å²) in [6.45, 7) is 2.73. The first-order valence-electron chi connectivity index (χ1n) is 6.17. The molecule has 0 spiro atoms. The summed E-state index contributed by atoms with van der Waals surface area (Å²) < 4.78 is 0. The second-order valence-electron chi connectivity index (χ2n) is 4.48. The van der Waals surface area contributed by atoms with E-state index in [9.17, 15) is 9.59 Å². The Morgan fingerprint density at radius 3 is 2.44 bits per heavy atom. The van der Waals surface area contributed by atoms with Gasteiger partial charge in [-0.25, -0.2) is 0 Å². The highest BCUT2D eigenvalue weighted by molar-refractivity contribution is 5.84. The lowest BCUT2D eigenvalue weighted by Crippen LogP contribution is -2.40. The summed E-state index contributed by atoms with van der Waals surface area (Å²) in [5.74, 6) is -1.69. The average molecular weight is 227 g/mol. The SMILES string of the molecule is CCCCNC(=O)[C@H]1CCCC[C@@H]1C(=O)O. The molecule has 2 N–H and O–H groups in total. The molecule has 1 aliphatic carbocycles. The van der Waals surface area contributed by atoms with Crippen LogP contribution < -0.4 is 5.32 Å². The first kappa shape index (κ1) is 13.0. The van der Waals surface area contributed by atoms with Gasteiger partial charge in [-0.05, 0) is 19.3 Å². The smallest absolute Gasteiger partial charge is 0.307 e. The van der Waals surface area contributed by atoms with Crippen molar-refractivity contribution in [2.24, 2.45) is 11.8 Å². The third-order valence-corrected chi connectivity index (χ3v) is 3.25. The van der Waals surface area contributed by atoms with Crippen LogP contribution in [0.5, 0.6) is 0 Å². The van der Waals surface area contributed by atoms with E-state index in [2.05, 4.69) is 12.2 Å². The monoisotopic (exact) mass is 227 g/mol. The Balaban J connectivity index is 2.47. The molecule has 0 heterocycles. The lowest BCUT2D eigenvalue weighted by atomic mass is 9.78. The van der Waals surface area contributed by atoms with Crippen molar-refractivity contribution in [1.29, 1.82) is 0 Å². The van der Waals surface area contributed by atoms with Gasteiger partial charge in [0, 0.05) is 6.54 Å². The maximum absolute atomic E-state index is 11.8. The molecule has 1 aliphatic rings. The molecule has 0 unspecified atom stereocenters. The zero-order valence-corrected chi connectivity index (χ0v) is 9.87. The molecular formula is C12H21NO3. The molecule has 0 aliphatic heterocycles. The van der Waals surface area contributed by atoms with Gasteiger partial charge in [0.05, 0.1) is 11.8 Å². The fourth-order valence-corrected chi connectivity index (χ4v) is 2.26. The summed E-state index contributed by atoms with van der Waals surface area (Å²) >= 11 is 0. The van der Waals surface area contributed by atoms with Crippen LogP contribution in [0.3, 0.4) is 0 Å². The highest BCUT2D eigenvalue weighted by Gasteiger charge is 2.35. The number of rotatable bonds is 5. The maximum Gasteiger partial charge on any atom is 0.307 e. The van der Waals surface area contributed by atoms with Gasteiger partial charge in [0.25, 0.3) is 0 Å². The fourth-order valence-electron chi connectivity index (χ4n) is 2.26. The summed E-state index contributed by atoms with van der Waals surface area (Å²) in [7, 11) is 0. The molecule has 0 aromatic rings. The van der Waals surface area contributed by atoms with E-state index in [-0.39, 0.29) is 11.8 Å². The minimum Gasteiger partial charge on any atom is -0.481 e. The van der Waals surface area contributed by atoms with Crippen molar-refractivity contribution in [2.45, 2.75) is 45.4 Å². The molecule has 92 valence electrons. The van der Waals surface area contributed by atoms with Crippen molar-refractivity contribution in [3.63, 3.8) is 0 Å². The highest BCUT2D eigenvalue weighted by Crippen LogP contribution is 2.30. The molecule has 1 saturated carbocycles. The van der Waals surface area contributed by atoms with Gasteiger partial charge in [0.1, 0.15) is 0 Å². The molecule has 1 amide bonds. The third kappa shape index (κ3) is 3.51. The second kappa shape index (κ2) is 6.51. The predicted octanol–water partition coefficient (Wildman–Crippen LogP) is 1.79. The number of aliphatic carboxylic acids is 1. The molecular weight excluding hydrogens is 206 g/mol. The van der Waals surface area contributed by atoms with Gasteiger partial charge < -0.3 is 10.4 Å². The van der Waals surface area contributed by atoms with Crippen molar-refractivity contribution >= 4 is 11.9 Å². The minimum absolute atomic E-state index is 0.0689. The molecule has 0 bridgehead atoms. The Morgan fingerprint density at radius 2 is 1.88 bits per heavy atom. The van der Waals surface area contributed by atoms with Gasteiger partial charge in [-0.1, -0.05) is 26.2 Å². The normalized spacial score (nSPS) is 25.1. The van der Waals surface area contributed by atoms with Crippen LogP contribution in [0.1, 0.15) is 45.4 Å². The van der Waals surface area contributed by atoms with Crippen molar-refractivity contribution in [2.75, 3.05) is 6.54 Å². The molecule has 2 atom stereocenters. The van der Waals surface area contributed by atoms with Crippen LogP contribution >= 0.6 is 0 Å². The van der Waals surface area contributed by atoms with Crippen molar-refractivity contribution in [1.82, 2.24) is 5.32 Å². The molecule has 0 aromatic heterocycles. The van der Waals surface area contributed by atoms with Crippen LogP contribution in [0.15, 0.2) is 0 Å². The number of amides is 1. The number of nitrogens with one attached hydrogen (secondary N) is 1. The Labute approximate surface area is 96.4 Å². The number of carboxylic acid groups (broad SMARTS) is 1. The number of carboxylic acids is 1. The zero-order chi connectivity index (χ0) is 12.0. The largest absolute Gasteiger partial charge is 0.481 e. The van der Waals surface area contributed by atoms with Crippen molar-refractivity contribution < 1.29 is 14.7 Å². The lowest BCUT2D eigenvalue weighted by molar-refractivity contribution is -0.148. The number of carbonyl (C=O) groups excluding carboxylic acids is 1. The second-order valence-corrected chi connectivity index (χ2v) is 4.48. The van der Waals surface area contributed by atoms with E-state index in [1.807, 2.05) is 0 Å². The van der Waals surface area contributed by atoms with E-state index in [4.69, 9.17) is 5.11 Å². The molecule has 16 heavy (non-hydrogen) atoms. The van der Waals surface area contributed by atoms with E-state index < -0.39 is 11.9 Å². The quantitative estimate of drug-likeness (QED) is 0.704. The summed E-state index contributed by atoms with van der Waals surface area (Å²) in [5, 5.41) is 11.9. The predicted molar refractivity (Wildman–Crippen MR) is 61.0 cm³/mol. The molecule has 0 radical (unpaired) electrons. The molecule has 4 nitrogen and oxygen atoms in total. The summed E-state index contributed by atoms with van der Waals surface area (Å²) in [6, 6.07) is 0. The van der Waals surface area contributed by atoms with Crippen LogP contribution in [-0.2, 0) is 9.59 Å². The fraction of sp³-hybridized carbons (Fsp3) is 0.833. The first-order chi connectivity index (χ1) is 7.66. The van der Waals surface area contributed by atoms with Gasteiger partial charge in [-0.3, -0.25) is 9.59 Å². The Hall–Kier alpha value is -1.06. The van der Waals surface area contributed by atoms with Crippen LogP contribution in [0.4, 0.5) is 0 Å². The van der Waals surface area contributed by atoms with Gasteiger partial charge >= 0.3 is 5.97 Å². The molecule has 1 fully saturated rings. The summed E-state index contributed by atoms with van der Waals surface area (Å²) in [4.78, 5) is 22.8.